The first-order valence-corrected chi connectivity index (χ1v) is 3.81. The highest BCUT2D eigenvalue weighted by Crippen LogP contribution is 2.36. The normalized spacial score (nSPS) is 13.5. The molecule has 1 aliphatic rings. The number of ether oxygens (including phenoxy) is 2. The predicted octanol–water partition coefficient (Wildman–Crippen LogP) is 1.22. The summed E-state index contributed by atoms with van der Waals surface area (Å²) < 4.78 is 10.4. The number of aliphatic hydroxyl groups is 1. The molecule has 0 amide bonds. The minimum Gasteiger partial charge on any atom is -0.454 e. The van der Waals surface area contributed by atoms with Gasteiger partial charge >= 0.3 is 0 Å². The van der Waals surface area contributed by atoms with Crippen molar-refractivity contribution in [3.8, 4) is 11.5 Å². The molecule has 1 heterocycles. The van der Waals surface area contributed by atoms with Gasteiger partial charge in [-0.2, -0.15) is 0 Å². The molecule has 0 fully saturated rings. The lowest BCUT2D eigenvalue weighted by molar-refractivity contribution is 0.173. The lowest BCUT2D eigenvalue weighted by Crippen LogP contribution is -1.93. The van der Waals surface area contributed by atoms with Crippen LogP contribution in [0.1, 0.15) is 11.1 Å². The first kappa shape index (κ1) is 7.43. The van der Waals surface area contributed by atoms with Gasteiger partial charge in [0.05, 0.1) is 6.61 Å². The Labute approximate surface area is 70.5 Å². The van der Waals surface area contributed by atoms with Crippen LogP contribution in [0.25, 0.3) is 0 Å². The van der Waals surface area contributed by atoms with E-state index in [-0.39, 0.29) is 13.4 Å². The molecule has 0 saturated heterocycles. The van der Waals surface area contributed by atoms with Crippen molar-refractivity contribution in [1.29, 1.82) is 0 Å². The second-order valence-electron chi connectivity index (χ2n) is 2.80. The number of rotatable bonds is 1. The Morgan fingerprint density at radius 3 is 3.00 bits per heavy atom. The SMILES string of the molecule is Cc1cc(CO)cc2c1OCO2. The summed E-state index contributed by atoms with van der Waals surface area (Å²) >= 11 is 0. The molecule has 12 heavy (non-hydrogen) atoms. The molecule has 1 aromatic carbocycles. The van der Waals surface area contributed by atoms with Crippen molar-refractivity contribution in [3.05, 3.63) is 23.3 Å². The Kier molecular flexibility index (Phi) is 1.66. The molecule has 64 valence electrons. The van der Waals surface area contributed by atoms with E-state index in [4.69, 9.17) is 14.6 Å². The Balaban J connectivity index is 2.51. The summed E-state index contributed by atoms with van der Waals surface area (Å²) in [4.78, 5) is 0. The van der Waals surface area contributed by atoms with E-state index in [0.29, 0.717) is 0 Å². The second-order valence-corrected chi connectivity index (χ2v) is 2.80. The van der Waals surface area contributed by atoms with Crippen LogP contribution in [-0.4, -0.2) is 11.9 Å². The summed E-state index contributed by atoms with van der Waals surface area (Å²) in [6, 6.07) is 3.70. The minimum atomic E-state index is 0.0392. The van der Waals surface area contributed by atoms with E-state index < -0.39 is 0 Å². The van der Waals surface area contributed by atoms with Crippen molar-refractivity contribution in [3.63, 3.8) is 0 Å². The molecule has 0 aromatic heterocycles. The predicted molar refractivity (Wildman–Crippen MR) is 43.2 cm³/mol. The van der Waals surface area contributed by atoms with E-state index in [1.165, 1.54) is 0 Å². The van der Waals surface area contributed by atoms with Gasteiger partial charge in [-0.15, -0.1) is 0 Å². The summed E-state index contributed by atoms with van der Waals surface area (Å²) in [5.74, 6) is 1.53. The van der Waals surface area contributed by atoms with Gasteiger partial charge in [0, 0.05) is 0 Å². The zero-order valence-corrected chi connectivity index (χ0v) is 6.83. The maximum atomic E-state index is 8.90. The first-order valence-electron chi connectivity index (χ1n) is 3.81. The fourth-order valence-corrected chi connectivity index (χ4v) is 1.35. The van der Waals surface area contributed by atoms with Crippen molar-refractivity contribution in [2.45, 2.75) is 13.5 Å². The molecular formula is C9H10O3. The summed E-state index contributed by atoms with van der Waals surface area (Å²) in [7, 11) is 0. The number of hydrogen-bond acceptors (Lipinski definition) is 3. The maximum absolute atomic E-state index is 8.90. The van der Waals surface area contributed by atoms with Crippen molar-refractivity contribution in [2.24, 2.45) is 0 Å². The van der Waals surface area contributed by atoms with Gasteiger partial charge < -0.3 is 14.6 Å². The smallest absolute Gasteiger partial charge is 0.231 e. The topological polar surface area (TPSA) is 38.7 Å². The van der Waals surface area contributed by atoms with Crippen LogP contribution in [0.3, 0.4) is 0 Å². The molecule has 1 aromatic rings. The lowest BCUT2D eigenvalue weighted by atomic mass is 10.1. The number of fused-ring (bicyclic) bond motifs is 1. The van der Waals surface area contributed by atoms with Crippen molar-refractivity contribution in [1.82, 2.24) is 0 Å². The van der Waals surface area contributed by atoms with E-state index in [9.17, 15) is 0 Å². The van der Waals surface area contributed by atoms with Crippen molar-refractivity contribution < 1.29 is 14.6 Å². The number of hydrogen-bond donors (Lipinski definition) is 1. The van der Waals surface area contributed by atoms with Gasteiger partial charge in [-0.1, -0.05) is 0 Å². The van der Waals surface area contributed by atoms with E-state index in [1.54, 1.807) is 6.07 Å². The van der Waals surface area contributed by atoms with Crippen LogP contribution in [-0.2, 0) is 6.61 Å². The average Bonchev–Trinajstić information content (AvgIpc) is 2.52. The first-order chi connectivity index (χ1) is 5.81. The molecule has 1 N–H and O–H groups in total. The molecule has 0 aliphatic carbocycles. The molecule has 1 aliphatic heterocycles. The van der Waals surface area contributed by atoms with E-state index in [1.807, 2.05) is 13.0 Å². The highest BCUT2D eigenvalue weighted by molar-refractivity contribution is 5.50. The van der Waals surface area contributed by atoms with E-state index in [2.05, 4.69) is 0 Å². The maximum Gasteiger partial charge on any atom is 0.231 e. The van der Waals surface area contributed by atoms with Crippen LogP contribution in [0.4, 0.5) is 0 Å². The molecule has 0 atom stereocenters. The van der Waals surface area contributed by atoms with Gasteiger partial charge in [0.1, 0.15) is 0 Å². The number of aryl methyl sites for hydroxylation is 1. The third-order valence-corrected chi connectivity index (χ3v) is 1.90. The van der Waals surface area contributed by atoms with E-state index >= 15 is 0 Å². The molecule has 0 bridgehead atoms. The highest BCUT2D eigenvalue weighted by atomic mass is 16.7. The summed E-state index contributed by atoms with van der Waals surface area (Å²) in [6.07, 6.45) is 0. The molecule has 0 spiro atoms. The van der Waals surface area contributed by atoms with Crippen LogP contribution < -0.4 is 9.47 Å². The molecule has 3 heteroatoms. The van der Waals surface area contributed by atoms with Crippen LogP contribution in [0, 0.1) is 6.92 Å². The summed E-state index contributed by atoms with van der Waals surface area (Å²) in [5.41, 5.74) is 1.87. The lowest BCUT2D eigenvalue weighted by Gasteiger charge is -2.02. The van der Waals surface area contributed by atoms with Crippen molar-refractivity contribution in [2.75, 3.05) is 6.79 Å². The van der Waals surface area contributed by atoms with Gasteiger partial charge in [-0.05, 0) is 30.2 Å². The highest BCUT2D eigenvalue weighted by Gasteiger charge is 2.16. The Morgan fingerprint density at radius 1 is 1.42 bits per heavy atom. The Hall–Kier alpha value is -1.22. The summed E-state index contributed by atoms with van der Waals surface area (Å²) in [6.45, 7) is 2.26. The number of benzene rings is 1. The largest absolute Gasteiger partial charge is 0.454 e. The fourth-order valence-electron chi connectivity index (χ4n) is 1.35. The second kappa shape index (κ2) is 2.68. The van der Waals surface area contributed by atoms with Crippen LogP contribution >= 0.6 is 0 Å². The van der Waals surface area contributed by atoms with Gasteiger partial charge in [0.25, 0.3) is 0 Å². The van der Waals surface area contributed by atoms with E-state index in [0.717, 1.165) is 22.6 Å². The Morgan fingerprint density at radius 2 is 2.25 bits per heavy atom. The molecule has 0 saturated carbocycles. The third kappa shape index (κ3) is 1.02. The van der Waals surface area contributed by atoms with Crippen LogP contribution in [0.5, 0.6) is 11.5 Å². The molecule has 0 unspecified atom stereocenters. The Bertz CT molecular complexity index is 307. The monoisotopic (exact) mass is 166 g/mol. The standard InChI is InChI=1S/C9H10O3/c1-6-2-7(4-10)3-8-9(6)12-5-11-8/h2-3,10H,4-5H2,1H3. The fraction of sp³-hybridized carbons (Fsp3) is 0.333. The quantitative estimate of drug-likeness (QED) is 0.681. The third-order valence-electron chi connectivity index (χ3n) is 1.90. The molecule has 2 rings (SSSR count). The zero-order valence-electron chi connectivity index (χ0n) is 6.83. The molecule has 0 radical (unpaired) electrons. The molecular weight excluding hydrogens is 156 g/mol. The summed E-state index contributed by atoms with van der Waals surface area (Å²) in [5, 5.41) is 8.90. The van der Waals surface area contributed by atoms with Crippen LogP contribution in [0.2, 0.25) is 0 Å². The average molecular weight is 166 g/mol. The van der Waals surface area contributed by atoms with Crippen molar-refractivity contribution >= 4 is 0 Å². The van der Waals surface area contributed by atoms with Gasteiger partial charge in [-0.25, -0.2) is 0 Å². The minimum absolute atomic E-state index is 0.0392. The van der Waals surface area contributed by atoms with Gasteiger partial charge in [0.15, 0.2) is 11.5 Å². The molecule has 3 nitrogen and oxygen atoms in total. The zero-order chi connectivity index (χ0) is 8.55. The van der Waals surface area contributed by atoms with Gasteiger partial charge in [-0.3, -0.25) is 0 Å². The van der Waals surface area contributed by atoms with Crippen LogP contribution in [0.15, 0.2) is 12.1 Å². The van der Waals surface area contributed by atoms with Gasteiger partial charge in [0.2, 0.25) is 6.79 Å². The number of aliphatic hydroxyl groups excluding tert-OH is 1.